The van der Waals surface area contributed by atoms with Crippen LogP contribution in [0.1, 0.15) is 46.8 Å². The molecule has 1 aliphatic rings. The molecular formula is C24H32BN5O4. The molecule has 0 bridgehead atoms. The molecule has 2 aromatic rings. The van der Waals surface area contributed by atoms with Gasteiger partial charge in [0, 0.05) is 12.5 Å². The van der Waals surface area contributed by atoms with Crippen LogP contribution in [-0.4, -0.2) is 61.8 Å². The van der Waals surface area contributed by atoms with Gasteiger partial charge in [0.2, 0.25) is 5.95 Å². The highest BCUT2D eigenvalue weighted by molar-refractivity contribution is 6.82. The van der Waals surface area contributed by atoms with Crippen LogP contribution in [-0.2, 0) is 4.74 Å². The number of nitrogens with one attached hydrogen (secondary N) is 2. The second-order valence-corrected chi connectivity index (χ2v) is 8.36. The van der Waals surface area contributed by atoms with Gasteiger partial charge in [-0.2, -0.15) is 4.98 Å². The van der Waals surface area contributed by atoms with Crippen molar-refractivity contribution in [2.24, 2.45) is 11.8 Å². The lowest BCUT2D eigenvalue weighted by atomic mass is 9.53. The van der Waals surface area contributed by atoms with Crippen molar-refractivity contribution in [1.82, 2.24) is 19.5 Å². The van der Waals surface area contributed by atoms with E-state index >= 15 is 0 Å². The molecule has 0 radical (unpaired) electrons. The number of anilines is 1. The Morgan fingerprint density at radius 1 is 1.38 bits per heavy atom. The number of aliphatic hydroxyl groups excluding tert-OH is 2. The van der Waals surface area contributed by atoms with E-state index in [1.54, 1.807) is 11.5 Å². The van der Waals surface area contributed by atoms with Crippen LogP contribution in [0, 0.1) is 48.1 Å². The Hall–Kier alpha value is -3.23. The topological polar surface area (TPSA) is 125 Å². The Kier molecular flexibility index (Phi) is 10.2. The van der Waals surface area contributed by atoms with Crippen LogP contribution in [0.25, 0.3) is 11.2 Å². The van der Waals surface area contributed by atoms with Gasteiger partial charge in [0.15, 0.2) is 17.4 Å². The number of hydrogen-bond donors (Lipinski definition) is 4. The van der Waals surface area contributed by atoms with Gasteiger partial charge in [-0.15, -0.1) is 36.2 Å². The second kappa shape index (κ2) is 12.9. The predicted octanol–water partition coefficient (Wildman–Crippen LogP) is 1.24. The Bertz CT molecular complexity index is 1140. The van der Waals surface area contributed by atoms with Crippen molar-refractivity contribution >= 4 is 23.8 Å². The van der Waals surface area contributed by atoms with Crippen LogP contribution in [0.3, 0.4) is 0 Å². The average molecular weight is 465 g/mol. The number of rotatable bonds is 7. The summed E-state index contributed by atoms with van der Waals surface area (Å²) in [6.07, 6.45) is 11.0. The van der Waals surface area contributed by atoms with Gasteiger partial charge < -0.3 is 20.3 Å². The van der Waals surface area contributed by atoms with Gasteiger partial charge >= 0.3 is 6.71 Å². The van der Waals surface area contributed by atoms with Crippen molar-refractivity contribution in [1.29, 1.82) is 0 Å². The van der Waals surface area contributed by atoms with Gasteiger partial charge in [0.05, 0.1) is 19.0 Å². The van der Waals surface area contributed by atoms with E-state index in [4.69, 9.17) is 17.6 Å². The van der Waals surface area contributed by atoms with Gasteiger partial charge in [-0.25, -0.2) is 4.98 Å². The fraction of sp³-hybridized carbons (Fsp3) is 0.542. The van der Waals surface area contributed by atoms with Crippen molar-refractivity contribution in [3.05, 3.63) is 16.7 Å². The molecule has 0 spiro atoms. The molecule has 0 aromatic carbocycles. The summed E-state index contributed by atoms with van der Waals surface area (Å²) in [5.41, 5.74) is 0.185. The zero-order chi connectivity index (χ0) is 25.3. The molecule has 2 aromatic heterocycles. The van der Waals surface area contributed by atoms with E-state index in [9.17, 15) is 15.0 Å². The molecule has 3 rings (SSSR count). The standard InChI is InChI=1S/C17H27N5O4.C7H5B/c1-4-5-10-11(7-23)26-16(13(10)24)22-8-19-12-14(22)20-17(21-15(12)25)18-6-9(2)3;1-4-7-8(5-2)6-3/h8-11,13,16,23-24H,4-7H2,1-3H3,(H2,18,20,21,25);2-3H,1H3/t10?,11-,13+,16-;/m1./s1. The monoisotopic (exact) mass is 465 g/mol. The van der Waals surface area contributed by atoms with Gasteiger partial charge in [-0.05, 0) is 19.3 Å². The zero-order valence-corrected chi connectivity index (χ0v) is 20.1. The summed E-state index contributed by atoms with van der Waals surface area (Å²) in [4.78, 5) is 23.5. The number of aromatic nitrogens is 4. The summed E-state index contributed by atoms with van der Waals surface area (Å²) in [5.74, 6) is 10.6. The first-order valence-corrected chi connectivity index (χ1v) is 11.3. The third-order valence-electron chi connectivity index (χ3n) is 5.33. The fourth-order valence-corrected chi connectivity index (χ4v) is 3.66. The van der Waals surface area contributed by atoms with E-state index < -0.39 is 18.4 Å². The van der Waals surface area contributed by atoms with Crippen LogP contribution >= 0.6 is 0 Å². The summed E-state index contributed by atoms with van der Waals surface area (Å²) in [6.45, 7) is 8.03. The summed E-state index contributed by atoms with van der Waals surface area (Å²) >= 11 is 0. The van der Waals surface area contributed by atoms with Crippen LogP contribution < -0.4 is 10.9 Å². The smallest absolute Gasteiger partial charge is 0.394 e. The molecule has 1 fully saturated rings. The molecular weight excluding hydrogens is 433 g/mol. The minimum atomic E-state index is -0.808. The minimum absolute atomic E-state index is 0.167. The van der Waals surface area contributed by atoms with Crippen LogP contribution in [0.15, 0.2) is 11.1 Å². The largest absolute Gasteiger partial charge is 0.394 e. The highest BCUT2D eigenvalue weighted by Crippen LogP contribution is 2.37. The summed E-state index contributed by atoms with van der Waals surface area (Å²) in [7, 11) is 0. The quantitative estimate of drug-likeness (QED) is 0.358. The Morgan fingerprint density at radius 2 is 2.09 bits per heavy atom. The van der Waals surface area contributed by atoms with E-state index in [2.05, 4.69) is 57.5 Å². The van der Waals surface area contributed by atoms with Crippen LogP contribution in [0.5, 0.6) is 0 Å². The maximum atomic E-state index is 12.3. The Morgan fingerprint density at radius 3 is 2.62 bits per heavy atom. The molecule has 180 valence electrons. The summed E-state index contributed by atoms with van der Waals surface area (Å²) in [6, 6.07) is 0. The molecule has 10 heteroatoms. The maximum absolute atomic E-state index is 12.3. The third-order valence-corrected chi connectivity index (χ3v) is 5.33. The van der Waals surface area contributed by atoms with E-state index in [0.29, 0.717) is 24.1 Å². The van der Waals surface area contributed by atoms with Crippen LogP contribution in [0.2, 0.25) is 0 Å². The molecule has 4 atom stereocenters. The molecule has 1 aliphatic heterocycles. The average Bonchev–Trinajstić information content (AvgIpc) is 3.38. The molecule has 3 heterocycles. The first kappa shape index (κ1) is 27.0. The number of imidazole rings is 1. The van der Waals surface area contributed by atoms with Crippen molar-refractivity contribution in [3.8, 4) is 36.2 Å². The van der Waals surface area contributed by atoms with Gasteiger partial charge in [-0.3, -0.25) is 14.3 Å². The van der Waals surface area contributed by atoms with Gasteiger partial charge in [0.1, 0.15) is 6.10 Å². The van der Waals surface area contributed by atoms with Gasteiger partial charge in [0.25, 0.3) is 5.56 Å². The normalized spacial score (nSPS) is 21.1. The first-order valence-electron chi connectivity index (χ1n) is 11.3. The van der Waals surface area contributed by atoms with Crippen molar-refractivity contribution in [2.75, 3.05) is 18.5 Å². The molecule has 1 unspecified atom stereocenters. The number of H-pyrrole nitrogens is 1. The summed E-state index contributed by atoms with van der Waals surface area (Å²) < 4.78 is 7.45. The lowest BCUT2D eigenvalue weighted by Gasteiger charge is -2.18. The Balaban J connectivity index is 0.000000440. The number of aromatic amines is 1. The number of hydrogen-bond acceptors (Lipinski definition) is 7. The van der Waals surface area contributed by atoms with Crippen molar-refractivity contribution in [2.45, 2.75) is 59.0 Å². The SMILES string of the molecule is C#CB(C#C)C#CC.CCCC1[C@@H](CO)O[C@@H](n2cnc3c(=O)[nH]c(NCC(C)C)nc32)[C@H]1O. The highest BCUT2D eigenvalue weighted by Gasteiger charge is 2.44. The molecule has 0 saturated carbocycles. The molecule has 1 saturated heterocycles. The number of aliphatic hydroxyl groups is 2. The van der Waals surface area contributed by atoms with Crippen molar-refractivity contribution in [3.63, 3.8) is 0 Å². The third kappa shape index (κ3) is 6.43. The first-order chi connectivity index (χ1) is 16.3. The molecule has 34 heavy (non-hydrogen) atoms. The van der Waals surface area contributed by atoms with E-state index in [0.717, 1.165) is 12.8 Å². The Labute approximate surface area is 200 Å². The highest BCUT2D eigenvalue weighted by atomic mass is 16.5. The molecule has 0 aliphatic carbocycles. The van der Waals surface area contributed by atoms with Gasteiger partial charge in [-0.1, -0.05) is 27.2 Å². The summed E-state index contributed by atoms with van der Waals surface area (Å²) in [5, 5.41) is 23.4. The van der Waals surface area contributed by atoms with E-state index in [1.807, 2.05) is 6.92 Å². The minimum Gasteiger partial charge on any atom is -0.394 e. The molecule has 9 nitrogen and oxygen atoms in total. The number of terminal acetylenes is 2. The number of nitrogens with zero attached hydrogens (tertiary/aromatic N) is 3. The number of ether oxygens (including phenoxy) is 1. The second-order valence-electron chi connectivity index (χ2n) is 8.36. The van der Waals surface area contributed by atoms with Crippen molar-refractivity contribution < 1.29 is 14.9 Å². The lowest BCUT2D eigenvalue weighted by molar-refractivity contribution is -0.0493. The lowest BCUT2D eigenvalue weighted by Crippen LogP contribution is -2.28. The zero-order valence-electron chi connectivity index (χ0n) is 20.1. The van der Waals surface area contributed by atoms with Crippen LogP contribution in [0.4, 0.5) is 5.95 Å². The maximum Gasteiger partial charge on any atom is 0.394 e. The molecule has 0 amide bonds. The number of fused-ring (bicyclic) bond motifs is 1. The fourth-order valence-electron chi connectivity index (χ4n) is 3.66. The van der Waals surface area contributed by atoms with E-state index in [-0.39, 0.29) is 30.3 Å². The molecule has 4 N–H and O–H groups in total. The van der Waals surface area contributed by atoms with E-state index in [1.165, 1.54) is 6.33 Å². The predicted molar refractivity (Wildman–Crippen MR) is 134 cm³/mol.